The Bertz CT molecular complexity index is 1420. The minimum Gasteiger partial charge on any atom is -0.493 e. The van der Waals surface area contributed by atoms with Crippen LogP contribution in [-0.4, -0.2) is 43.8 Å². The van der Waals surface area contributed by atoms with Crippen LogP contribution in [0.4, 0.5) is 0 Å². The lowest BCUT2D eigenvalue weighted by Gasteiger charge is -2.07. The van der Waals surface area contributed by atoms with E-state index in [0.717, 1.165) is 51.3 Å². The van der Waals surface area contributed by atoms with Crippen LogP contribution in [-0.2, 0) is 12.8 Å². The lowest BCUT2D eigenvalue weighted by Crippen LogP contribution is -2.02. The zero-order valence-electron chi connectivity index (χ0n) is 18.9. The zero-order chi connectivity index (χ0) is 22.9. The van der Waals surface area contributed by atoms with Crippen molar-refractivity contribution in [2.24, 2.45) is 0 Å². The van der Waals surface area contributed by atoms with Crippen molar-refractivity contribution in [3.8, 4) is 27.8 Å². The number of hydrogen-bond donors (Lipinski definition) is 0. The molecule has 0 spiro atoms. The first-order valence-electron chi connectivity index (χ1n) is 10.6. The van der Waals surface area contributed by atoms with E-state index in [9.17, 15) is 0 Å². The predicted octanol–water partition coefficient (Wildman–Crippen LogP) is 4.46. The lowest BCUT2D eigenvalue weighted by molar-refractivity contribution is 0.355. The second-order valence-electron chi connectivity index (χ2n) is 7.68. The normalized spacial score (nSPS) is 11.3. The number of hydrogen-bond acceptors (Lipinski definition) is 7. The van der Waals surface area contributed by atoms with Crippen molar-refractivity contribution in [2.45, 2.75) is 26.7 Å². The zero-order valence-corrected chi connectivity index (χ0v) is 19.8. The van der Waals surface area contributed by atoms with Crippen LogP contribution in [0.15, 0.2) is 48.5 Å². The summed E-state index contributed by atoms with van der Waals surface area (Å²) < 4.78 is 14.6. The summed E-state index contributed by atoms with van der Waals surface area (Å²) >= 11 is 1.50. The van der Waals surface area contributed by atoms with Crippen molar-refractivity contribution in [1.82, 2.24) is 29.6 Å². The molecule has 3 heterocycles. The molecule has 5 rings (SSSR count). The van der Waals surface area contributed by atoms with Gasteiger partial charge in [-0.25, -0.2) is 4.68 Å². The highest BCUT2D eigenvalue weighted by molar-refractivity contribution is 7.19. The SMILES string of the molecule is COc1ccc(-c2nn3c(CCc4c(C)nn(-c5ccccc5)c4C)nnc3s2)cc1OC. The fourth-order valence-electron chi connectivity index (χ4n) is 3.99. The number of benzene rings is 2. The van der Waals surface area contributed by atoms with Gasteiger partial charge in [0, 0.05) is 17.7 Å². The predicted molar refractivity (Wildman–Crippen MR) is 128 cm³/mol. The Balaban J connectivity index is 1.40. The van der Waals surface area contributed by atoms with Gasteiger partial charge in [-0.3, -0.25) is 0 Å². The van der Waals surface area contributed by atoms with Crippen molar-refractivity contribution in [3.63, 3.8) is 0 Å². The Kier molecular flexibility index (Phi) is 5.55. The molecule has 8 nitrogen and oxygen atoms in total. The van der Waals surface area contributed by atoms with Gasteiger partial charge in [-0.05, 0) is 56.2 Å². The second kappa shape index (κ2) is 8.67. The molecule has 9 heteroatoms. The van der Waals surface area contributed by atoms with Crippen LogP contribution < -0.4 is 9.47 Å². The molecule has 0 saturated carbocycles. The van der Waals surface area contributed by atoms with Crippen LogP contribution in [0.5, 0.6) is 11.5 Å². The number of para-hydroxylation sites is 1. The van der Waals surface area contributed by atoms with E-state index in [2.05, 4.69) is 36.2 Å². The van der Waals surface area contributed by atoms with E-state index in [1.54, 1.807) is 14.2 Å². The molecule has 0 saturated heterocycles. The highest BCUT2D eigenvalue weighted by Gasteiger charge is 2.17. The highest BCUT2D eigenvalue weighted by atomic mass is 32.1. The quantitative estimate of drug-likeness (QED) is 0.357. The van der Waals surface area contributed by atoms with E-state index in [1.165, 1.54) is 16.9 Å². The molecule has 0 unspecified atom stereocenters. The summed E-state index contributed by atoms with van der Waals surface area (Å²) in [6.45, 7) is 4.17. The largest absolute Gasteiger partial charge is 0.493 e. The lowest BCUT2D eigenvalue weighted by atomic mass is 10.1. The van der Waals surface area contributed by atoms with E-state index >= 15 is 0 Å². The first-order valence-corrected chi connectivity index (χ1v) is 11.4. The summed E-state index contributed by atoms with van der Waals surface area (Å²) in [6, 6.07) is 16.0. The van der Waals surface area contributed by atoms with Crippen LogP contribution in [0, 0.1) is 13.8 Å². The molecule has 0 bridgehead atoms. The minimum absolute atomic E-state index is 0.669. The first kappa shape index (κ1) is 21.1. The van der Waals surface area contributed by atoms with Gasteiger partial charge in [-0.15, -0.1) is 10.2 Å². The number of ether oxygens (including phenoxy) is 2. The Morgan fingerprint density at radius 3 is 2.42 bits per heavy atom. The molecule has 3 aromatic heterocycles. The first-order chi connectivity index (χ1) is 16.1. The Hall–Kier alpha value is -3.72. The summed E-state index contributed by atoms with van der Waals surface area (Å²) in [6.07, 6.45) is 1.53. The smallest absolute Gasteiger partial charge is 0.234 e. The third kappa shape index (κ3) is 3.84. The molecule has 168 valence electrons. The van der Waals surface area contributed by atoms with E-state index in [4.69, 9.17) is 19.7 Å². The fourth-order valence-corrected chi connectivity index (χ4v) is 4.85. The van der Waals surface area contributed by atoms with Crippen LogP contribution in [0.1, 0.15) is 22.8 Å². The fraction of sp³-hybridized carbons (Fsp3) is 0.250. The number of methoxy groups -OCH3 is 2. The average Bonchev–Trinajstić information content (AvgIpc) is 3.51. The van der Waals surface area contributed by atoms with Crippen molar-refractivity contribution in [2.75, 3.05) is 14.2 Å². The van der Waals surface area contributed by atoms with Gasteiger partial charge in [0.05, 0.1) is 25.6 Å². The third-order valence-electron chi connectivity index (χ3n) is 5.73. The van der Waals surface area contributed by atoms with Gasteiger partial charge in [-0.1, -0.05) is 29.5 Å². The average molecular weight is 461 g/mol. The molecule has 0 fully saturated rings. The molecule has 0 aliphatic rings. The van der Waals surface area contributed by atoms with Crippen LogP contribution >= 0.6 is 11.3 Å². The summed E-state index contributed by atoms with van der Waals surface area (Å²) in [7, 11) is 3.25. The summed E-state index contributed by atoms with van der Waals surface area (Å²) in [4.78, 5) is 0.767. The topological polar surface area (TPSA) is 79.4 Å². The molecule has 0 aliphatic carbocycles. The van der Waals surface area contributed by atoms with Gasteiger partial charge in [0.15, 0.2) is 17.3 Å². The van der Waals surface area contributed by atoms with Gasteiger partial charge < -0.3 is 9.47 Å². The van der Waals surface area contributed by atoms with Gasteiger partial charge in [0.1, 0.15) is 5.01 Å². The van der Waals surface area contributed by atoms with E-state index < -0.39 is 0 Å². The maximum atomic E-state index is 5.43. The Morgan fingerprint density at radius 1 is 0.879 bits per heavy atom. The summed E-state index contributed by atoms with van der Waals surface area (Å²) in [5, 5.41) is 19.1. The monoisotopic (exact) mass is 460 g/mol. The van der Waals surface area contributed by atoms with Gasteiger partial charge in [0.2, 0.25) is 4.96 Å². The number of fused-ring (bicyclic) bond motifs is 1. The maximum Gasteiger partial charge on any atom is 0.234 e. The highest BCUT2D eigenvalue weighted by Crippen LogP contribution is 2.34. The Labute approximate surface area is 195 Å². The van der Waals surface area contributed by atoms with E-state index in [1.807, 2.05) is 45.6 Å². The van der Waals surface area contributed by atoms with Gasteiger partial charge in [0.25, 0.3) is 0 Å². The summed E-state index contributed by atoms with van der Waals surface area (Å²) in [5.41, 5.74) is 5.41. The van der Waals surface area contributed by atoms with E-state index in [-0.39, 0.29) is 0 Å². The van der Waals surface area contributed by atoms with Crippen molar-refractivity contribution in [3.05, 3.63) is 71.3 Å². The number of rotatable bonds is 7. The van der Waals surface area contributed by atoms with Crippen molar-refractivity contribution >= 4 is 16.3 Å². The van der Waals surface area contributed by atoms with Crippen LogP contribution in [0.2, 0.25) is 0 Å². The molecular formula is C24H24N6O2S. The van der Waals surface area contributed by atoms with Gasteiger partial charge >= 0.3 is 0 Å². The maximum absolute atomic E-state index is 5.43. The number of aromatic nitrogens is 6. The molecule has 33 heavy (non-hydrogen) atoms. The Morgan fingerprint density at radius 2 is 1.67 bits per heavy atom. The second-order valence-corrected chi connectivity index (χ2v) is 8.64. The summed E-state index contributed by atoms with van der Waals surface area (Å²) in [5.74, 6) is 2.19. The molecule has 0 amide bonds. The van der Waals surface area contributed by atoms with Crippen molar-refractivity contribution in [1.29, 1.82) is 0 Å². The van der Waals surface area contributed by atoms with Crippen LogP contribution in [0.25, 0.3) is 21.2 Å². The molecule has 5 aromatic rings. The number of nitrogens with zero attached hydrogens (tertiary/aromatic N) is 6. The standard InChI is InChI=1S/C24H24N6O2S/c1-15-19(16(2)29(27-15)18-8-6-5-7-9-18)11-13-22-25-26-24-30(22)28-23(33-24)17-10-12-20(31-3)21(14-17)32-4/h5-10,12,14H,11,13H2,1-4H3. The molecule has 2 aromatic carbocycles. The number of aryl methyl sites for hydroxylation is 2. The van der Waals surface area contributed by atoms with Crippen molar-refractivity contribution < 1.29 is 9.47 Å². The van der Waals surface area contributed by atoms with Gasteiger partial charge in [-0.2, -0.15) is 14.7 Å². The third-order valence-corrected chi connectivity index (χ3v) is 6.67. The minimum atomic E-state index is 0.669. The molecule has 0 aliphatic heterocycles. The molecule has 0 radical (unpaired) electrons. The molecular weight excluding hydrogens is 436 g/mol. The molecule has 0 N–H and O–H groups in total. The van der Waals surface area contributed by atoms with Crippen LogP contribution in [0.3, 0.4) is 0 Å². The van der Waals surface area contributed by atoms with E-state index in [0.29, 0.717) is 11.5 Å². The molecule has 0 atom stereocenters.